The summed E-state index contributed by atoms with van der Waals surface area (Å²) in [6.07, 6.45) is 3.64. The van der Waals surface area contributed by atoms with Crippen LogP contribution < -0.4 is 4.74 Å². The molecule has 0 saturated carbocycles. The highest BCUT2D eigenvalue weighted by atomic mass is 19.2. The fraction of sp³-hybridized carbons (Fsp3) is 0.130. The van der Waals surface area contributed by atoms with Crippen molar-refractivity contribution in [1.29, 1.82) is 0 Å². The Morgan fingerprint density at radius 2 is 0.485 bits per heavy atom. The molecule has 5 aliphatic rings. The third-order valence-corrected chi connectivity index (χ3v) is 27.0. The molecule has 19 heteroatoms. The molecule has 0 aliphatic heterocycles. The smallest absolute Gasteiger partial charge is 0.200 e. The fourth-order valence-electron chi connectivity index (χ4n) is 20.8. The number of ether oxygens (including phenoxy) is 1. The summed E-state index contributed by atoms with van der Waals surface area (Å²) < 4.78 is 197. The summed E-state index contributed by atoms with van der Waals surface area (Å²) in [5.41, 5.74) is 32.2. The minimum absolute atomic E-state index is 0.0849. The van der Waals surface area contributed by atoms with Crippen molar-refractivity contribution in [2.75, 3.05) is 7.11 Å². The molecule has 5 heterocycles. The van der Waals surface area contributed by atoms with Crippen molar-refractivity contribution in [1.82, 2.24) is 22.8 Å². The van der Waals surface area contributed by atoms with Gasteiger partial charge >= 0.3 is 0 Å². The average Bonchev–Trinajstić information content (AvgIpc) is 1.58. The van der Waals surface area contributed by atoms with Crippen LogP contribution in [0.4, 0.5) is 57.1 Å². The van der Waals surface area contributed by atoms with Crippen molar-refractivity contribution in [3.63, 3.8) is 0 Å². The molecule has 0 radical (unpaired) electrons. The summed E-state index contributed by atoms with van der Waals surface area (Å²) in [6, 6.07) is 97.3. The van der Waals surface area contributed by atoms with E-state index in [1.54, 1.807) is 31.4 Å². The minimum Gasteiger partial charge on any atom is -0.497 e. The van der Waals surface area contributed by atoms with Crippen LogP contribution in [0, 0.1) is 89.5 Å². The van der Waals surface area contributed by atoms with Gasteiger partial charge in [0, 0.05) is 155 Å². The predicted molar refractivity (Wildman–Crippen MR) is 503 cm³/mol. The second-order valence-corrected chi connectivity index (χ2v) is 34.7. The van der Waals surface area contributed by atoms with Crippen LogP contribution in [0.2, 0.25) is 0 Å². The molecule has 15 aromatic carbocycles. The summed E-state index contributed by atoms with van der Waals surface area (Å²) in [7, 11) is 1.69. The van der Waals surface area contributed by atoms with Crippen LogP contribution in [0.5, 0.6) is 5.75 Å². The van der Waals surface area contributed by atoms with Gasteiger partial charge in [0.15, 0.2) is 46.5 Å². The number of halogens is 13. The molecule has 0 unspecified atom stereocenters. The van der Waals surface area contributed by atoms with Gasteiger partial charge < -0.3 is 27.6 Å². The third-order valence-electron chi connectivity index (χ3n) is 27.0. The predicted octanol–water partition coefficient (Wildman–Crippen LogP) is 29.1. The third kappa shape index (κ3) is 14.8. The first kappa shape index (κ1) is 85.7. The lowest BCUT2D eigenvalue weighted by atomic mass is 10.1. The normalized spacial score (nSPS) is 12.4. The molecule has 5 aromatic heterocycles. The van der Waals surface area contributed by atoms with Crippen molar-refractivity contribution < 1.29 is 61.8 Å². The Labute approximate surface area is 762 Å². The molecule has 20 aromatic rings. The molecule has 0 bridgehead atoms. The van der Waals surface area contributed by atoms with Crippen LogP contribution in [0.3, 0.4) is 0 Å². The van der Waals surface area contributed by atoms with E-state index in [4.69, 9.17) is 4.74 Å². The van der Waals surface area contributed by atoms with Crippen LogP contribution >= 0.6 is 0 Å². The molecule has 25 rings (SSSR count). The van der Waals surface area contributed by atoms with E-state index in [-0.39, 0.29) is 43.4 Å². The zero-order valence-electron chi connectivity index (χ0n) is 72.8. The summed E-state index contributed by atoms with van der Waals surface area (Å²) >= 11 is 0. The molecule has 5 aliphatic carbocycles. The van der Waals surface area contributed by atoms with Crippen molar-refractivity contribution in [2.24, 2.45) is 0 Å². The van der Waals surface area contributed by atoms with Gasteiger partial charge in [0.2, 0.25) is 11.6 Å². The average molecular weight is 1800 g/mol. The van der Waals surface area contributed by atoms with Crippen molar-refractivity contribution in [3.05, 3.63) is 467 Å². The van der Waals surface area contributed by atoms with E-state index in [0.717, 1.165) is 127 Å². The van der Waals surface area contributed by atoms with Gasteiger partial charge in [-0.1, -0.05) is 236 Å². The SMILES string of the molecule is COc1ccc2c(c1)c1c(n2Cc2ccccc2F)-c2ccccc2C1.Cc1ccc2c(c1)c1c(n2CCc2c(F)c(F)c(F)c(F)c2F)-c2ccccc2C1.Cc1ccc2c(c1)c1c(n2Cc2ccccc2F)-c2ccccc2C1.Fc1c(F)c(F)c(CCn2c3c(c4ccccc42)Cc2ccccc2-3)c(F)c1F.Fc1ccccc1Cn1c2c(c3ccccc31)Cc1ccccc1-2. The molecule has 0 fully saturated rings. The lowest BCUT2D eigenvalue weighted by Gasteiger charge is -2.13. The van der Waals surface area contributed by atoms with Gasteiger partial charge in [-0.25, -0.2) is 57.1 Å². The van der Waals surface area contributed by atoms with Crippen molar-refractivity contribution in [2.45, 2.75) is 91.5 Å². The number of benzene rings is 15. The second-order valence-electron chi connectivity index (χ2n) is 34.7. The standard InChI is InChI=1S/C24H16F5N.C23H14F5N.C23H18FNO.C23H18FN.C22H16FN/c1-12-6-7-18-16(10-12)17-11-13-4-2-3-5-14(13)24(17)30(18)9-8-15-19(25)21(27)23(29)22(28)20(15)26;24-18-15(19(25)21(27)22(28)20(18)26)9-10-29-17-8-4-3-7-14(17)16-11-12-5-1-2-6-13(12)23(16)29;1-26-17-10-11-22-19(13-17)20-12-15-6-2-4-8-18(15)23(20)25(22)14-16-7-3-5-9-21(16)24;1-15-10-11-22-19(12-15)20-13-16-6-2-4-8-18(16)23(20)25(22)14-17-7-3-5-9-21(17)24;23-20-11-5-2-8-16(20)14-24-21-12-6-4-10-18(21)19-13-15-7-1-3-9-17(15)22(19)24/h2-7,10H,8-9,11H2,1H3;1-8H,9-11H2;2-11,13H,12,14H2,1H3;2-12H,13-14H2,1H3;1-12H,13-14H2. The molecular weight excluding hydrogens is 1710 g/mol. The van der Waals surface area contributed by atoms with E-state index in [9.17, 15) is 57.1 Å². The largest absolute Gasteiger partial charge is 0.497 e. The van der Waals surface area contributed by atoms with Crippen LogP contribution in [0.15, 0.2) is 297 Å². The van der Waals surface area contributed by atoms with E-state index >= 15 is 0 Å². The number of aromatic nitrogens is 5. The number of hydrogen-bond acceptors (Lipinski definition) is 1. The lowest BCUT2D eigenvalue weighted by Crippen LogP contribution is -2.11. The van der Waals surface area contributed by atoms with Gasteiger partial charge in [-0.15, -0.1) is 0 Å². The molecule has 664 valence electrons. The number of nitrogens with zero attached hydrogens (tertiary/aromatic N) is 5. The number of fused-ring (bicyclic) bond motifs is 25. The number of para-hydroxylation sites is 2. The van der Waals surface area contributed by atoms with Gasteiger partial charge in [-0.05, 0) is 155 Å². The molecule has 6 nitrogen and oxygen atoms in total. The Hall–Kier alpha value is -15.1. The Morgan fingerprint density at radius 1 is 0.239 bits per heavy atom. The van der Waals surface area contributed by atoms with E-state index < -0.39 is 69.3 Å². The van der Waals surface area contributed by atoms with Gasteiger partial charge in [0.05, 0.1) is 55.2 Å². The monoisotopic (exact) mass is 1800 g/mol. The Bertz CT molecular complexity index is 8110. The highest BCUT2D eigenvalue weighted by Gasteiger charge is 2.35. The number of methoxy groups -OCH3 is 1. The molecule has 0 atom stereocenters. The zero-order valence-corrected chi connectivity index (χ0v) is 72.8. The number of aryl methyl sites for hydroxylation is 4. The van der Waals surface area contributed by atoms with E-state index in [2.05, 4.69) is 154 Å². The molecule has 0 N–H and O–H groups in total. The number of hydrogen-bond donors (Lipinski definition) is 0. The highest BCUT2D eigenvalue weighted by molar-refractivity contribution is 6.01. The topological polar surface area (TPSA) is 33.9 Å². The minimum atomic E-state index is -2.13. The van der Waals surface area contributed by atoms with Crippen molar-refractivity contribution in [3.8, 4) is 62.0 Å². The molecule has 0 amide bonds. The first-order chi connectivity index (χ1) is 65.2. The Balaban J connectivity index is 0.000000101. The summed E-state index contributed by atoms with van der Waals surface area (Å²) in [4.78, 5) is 0. The van der Waals surface area contributed by atoms with Gasteiger partial charge in [-0.3, -0.25) is 0 Å². The Morgan fingerprint density at radius 3 is 0.813 bits per heavy atom. The summed E-state index contributed by atoms with van der Waals surface area (Å²) in [5, 5.41) is 5.82. The number of rotatable bonds is 13. The Kier molecular flexibility index (Phi) is 22.3. The summed E-state index contributed by atoms with van der Waals surface area (Å²) in [6.45, 7) is 5.90. The van der Waals surface area contributed by atoms with Crippen molar-refractivity contribution >= 4 is 54.5 Å². The summed E-state index contributed by atoms with van der Waals surface area (Å²) in [5.74, 6) is -18.6. The van der Waals surface area contributed by atoms with E-state index in [1.165, 1.54) is 112 Å². The van der Waals surface area contributed by atoms with Crippen LogP contribution in [0.25, 0.3) is 111 Å². The maximum absolute atomic E-state index is 14.3. The van der Waals surface area contributed by atoms with Crippen LogP contribution in [-0.4, -0.2) is 29.9 Å². The lowest BCUT2D eigenvalue weighted by molar-refractivity contribution is 0.368. The highest BCUT2D eigenvalue weighted by Crippen LogP contribution is 2.50. The van der Waals surface area contributed by atoms with E-state index in [1.807, 2.05) is 143 Å². The van der Waals surface area contributed by atoms with Crippen LogP contribution in [0.1, 0.15) is 94.6 Å². The molecule has 0 spiro atoms. The molecule has 0 saturated heterocycles. The van der Waals surface area contributed by atoms with E-state index in [0.29, 0.717) is 25.2 Å². The maximum Gasteiger partial charge on any atom is 0.200 e. The van der Waals surface area contributed by atoms with Crippen LogP contribution in [-0.2, 0) is 77.7 Å². The van der Waals surface area contributed by atoms with Gasteiger partial charge in [0.25, 0.3) is 0 Å². The quantitative estimate of drug-likeness (QED) is 0.0643. The zero-order chi connectivity index (χ0) is 92.2. The maximum atomic E-state index is 14.3. The van der Waals surface area contributed by atoms with Gasteiger partial charge in [0.1, 0.15) is 23.2 Å². The first-order valence-electron chi connectivity index (χ1n) is 44.4. The van der Waals surface area contributed by atoms with Gasteiger partial charge in [-0.2, -0.15) is 0 Å². The first-order valence-corrected chi connectivity index (χ1v) is 44.4. The second kappa shape index (κ2) is 34.9. The molecule has 134 heavy (non-hydrogen) atoms. The molecular formula is C115H82F13N5O. The fourth-order valence-corrected chi connectivity index (χ4v) is 20.8.